The standard InChI is InChI=1S/C26H30N2O6/c1-2-7-17(14-23(29)30)27-24(31)26(12-13-33-16-26)28-25(32)34-15-22-20-10-5-3-8-18(20)19-9-4-6-11-21(19)22/h3-6,8-11,17,22H,2,7,12-16H2,1H3,(H,27,31)(H,28,32)(H,29,30). The molecule has 0 spiro atoms. The summed E-state index contributed by atoms with van der Waals surface area (Å²) in [7, 11) is 0. The summed E-state index contributed by atoms with van der Waals surface area (Å²) in [5.74, 6) is -1.52. The van der Waals surface area contributed by atoms with Crippen molar-refractivity contribution in [1.29, 1.82) is 0 Å². The SMILES string of the molecule is CCCC(CC(=O)O)NC(=O)C1(NC(=O)OCC2c3ccccc3-c3ccccc32)CCOC1. The van der Waals surface area contributed by atoms with E-state index in [-0.39, 0.29) is 32.0 Å². The molecule has 2 unspecified atom stereocenters. The molecule has 0 bridgehead atoms. The summed E-state index contributed by atoms with van der Waals surface area (Å²) >= 11 is 0. The predicted octanol–water partition coefficient (Wildman–Crippen LogP) is 3.44. The molecule has 8 heteroatoms. The Morgan fingerprint density at radius 1 is 1.12 bits per heavy atom. The van der Waals surface area contributed by atoms with Crippen molar-refractivity contribution in [3.63, 3.8) is 0 Å². The zero-order valence-corrected chi connectivity index (χ0v) is 19.2. The maximum absolute atomic E-state index is 13.1. The minimum Gasteiger partial charge on any atom is -0.481 e. The van der Waals surface area contributed by atoms with E-state index in [1.165, 1.54) is 0 Å². The number of benzene rings is 2. The van der Waals surface area contributed by atoms with Crippen LogP contribution in [0.1, 0.15) is 49.7 Å². The number of carbonyl (C=O) groups is 3. The number of carboxylic acid groups (broad SMARTS) is 1. The Labute approximate surface area is 198 Å². The van der Waals surface area contributed by atoms with E-state index in [0.717, 1.165) is 28.7 Å². The normalized spacial score (nSPS) is 19.7. The molecule has 1 fully saturated rings. The van der Waals surface area contributed by atoms with Gasteiger partial charge in [-0.25, -0.2) is 4.79 Å². The molecule has 8 nitrogen and oxygen atoms in total. The second kappa shape index (κ2) is 10.3. The minimum absolute atomic E-state index is 0.00887. The Kier molecular flexibility index (Phi) is 7.17. The largest absolute Gasteiger partial charge is 0.481 e. The van der Waals surface area contributed by atoms with Crippen LogP contribution in [0.3, 0.4) is 0 Å². The topological polar surface area (TPSA) is 114 Å². The average molecular weight is 467 g/mol. The molecule has 3 N–H and O–H groups in total. The summed E-state index contributed by atoms with van der Waals surface area (Å²) in [5, 5.41) is 14.7. The third-order valence-corrected chi connectivity index (χ3v) is 6.53. The van der Waals surface area contributed by atoms with Gasteiger partial charge in [0.2, 0.25) is 5.91 Å². The van der Waals surface area contributed by atoms with E-state index in [4.69, 9.17) is 14.6 Å². The first kappa shape index (κ1) is 23.8. The van der Waals surface area contributed by atoms with E-state index in [9.17, 15) is 14.4 Å². The van der Waals surface area contributed by atoms with Crippen LogP contribution >= 0.6 is 0 Å². The number of nitrogens with one attached hydrogen (secondary N) is 2. The first-order valence-electron chi connectivity index (χ1n) is 11.7. The Morgan fingerprint density at radius 2 is 1.76 bits per heavy atom. The number of amides is 2. The summed E-state index contributed by atoms with van der Waals surface area (Å²) in [6, 6.07) is 15.6. The molecule has 2 atom stereocenters. The average Bonchev–Trinajstić information content (AvgIpc) is 3.41. The van der Waals surface area contributed by atoms with E-state index in [1.807, 2.05) is 43.3 Å². The maximum Gasteiger partial charge on any atom is 0.408 e. The number of carboxylic acids is 1. The van der Waals surface area contributed by atoms with Crippen molar-refractivity contribution in [2.75, 3.05) is 19.8 Å². The molecule has 4 rings (SSSR count). The van der Waals surface area contributed by atoms with Gasteiger partial charge < -0.3 is 25.2 Å². The molecule has 1 aliphatic carbocycles. The van der Waals surface area contributed by atoms with Crippen molar-refractivity contribution in [2.24, 2.45) is 0 Å². The van der Waals surface area contributed by atoms with Gasteiger partial charge in [0.15, 0.2) is 0 Å². The Morgan fingerprint density at radius 3 is 2.32 bits per heavy atom. The smallest absolute Gasteiger partial charge is 0.408 e. The van der Waals surface area contributed by atoms with E-state index in [1.54, 1.807) is 0 Å². The Hall–Kier alpha value is -3.39. The number of fused-ring (bicyclic) bond motifs is 3. The van der Waals surface area contributed by atoms with Gasteiger partial charge in [-0.3, -0.25) is 9.59 Å². The van der Waals surface area contributed by atoms with Crippen LogP contribution in [-0.2, 0) is 19.1 Å². The van der Waals surface area contributed by atoms with Crippen molar-refractivity contribution in [3.05, 3.63) is 59.7 Å². The number of alkyl carbamates (subject to hydrolysis) is 1. The highest BCUT2D eigenvalue weighted by molar-refractivity contribution is 5.91. The maximum atomic E-state index is 13.1. The van der Waals surface area contributed by atoms with E-state index < -0.39 is 29.6 Å². The first-order chi connectivity index (χ1) is 16.4. The van der Waals surface area contributed by atoms with Crippen molar-refractivity contribution in [2.45, 2.75) is 50.1 Å². The van der Waals surface area contributed by atoms with Crippen LogP contribution in [0, 0.1) is 0 Å². The summed E-state index contributed by atoms with van der Waals surface area (Å²) in [6.07, 6.45) is 0.658. The van der Waals surface area contributed by atoms with Crippen molar-refractivity contribution in [1.82, 2.24) is 10.6 Å². The number of carbonyl (C=O) groups excluding carboxylic acids is 2. The Balaban J connectivity index is 1.43. The van der Waals surface area contributed by atoms with Crippen LogP contribution in [-0.4, -0.2) is 54.5 Å². The molecule has 0 aromatic heterocycles. The lowest BCUT2D eigenvalue weighted by Gasteiger charge is -2.29. The van der Waals surface area contributed by atoms with Gasteiger partial charge in [-0.05, 0) is 28.7 Å². The number of ether oxygens (including phenoxy) is 2. The highest BCUT2D eigenvalue weighted by Gasteiger charge is 2.45. The van der Waals surface area contributed by atoms with Crippen LogP contribution in [0.5, 0.6) is 0 Å². The van der Waals surface area contributed by atoms with Gasteiger partial charge >= 0.3 is 12.1 Å². The van der Waals surface area contributed by atoms with Crippen LogP contribution in [0.15, 0.2) is 48.5 Å². The molecule has 1 aliphatic heterocycles. The predicted molar refractivity (Wildman–Crippen MR) is 125 cm³/mol. The fourth-order valence-corrected chi connectivity index (χ4v) is 4.84. The monoisotopic (exact) mass is 466 g/mol. The second-order valence-electron chi connectivity index (χ2n) is 8.89. The lowest BCUT2D eigenvalue weighted by molar-refractivity contribution is -0.138. The zero-order chi connectivity index (χ0) is 24.1. The first-order valence-corrected chi connectivity index (χ1v) is 11.7. The zero-order valence-electron chi connectivity index (χ0n) is 19.2. The van der Waals surface area contributed by atoms with E-state index in [2.05, 4.69) is 22.8 Å². The van der Waals surface area contributed by atoms with Gasteiger partial charge in [0.05, 0.1) is 13.0 Å². The highest BCUT2D eigenvalue weighted by Crippen LogP contribution is 2.44. The minimum atomic E-state index is -1.28. The second-order valence-corrected chi connectivity index (χ2v) is 8.89. The van der Waals surface area contributed by atoms with Gasteiger partial charge in [0, 0.05) is 25.0 Å². The van der Waals surface area contributed by atoms with Gasteiger partial charge in [0.1, 0.15) is 12.1 Å². The molecular weight excluding hydrogens is 436 g/mol. The number of rotatable bonds is 9. The molecule has 2 aliphatic rings. The highest BCUT2D eigenvalue weighted by atomic mass is 16.6. The van der Waals surface area contributed by atoms with Crippen LogP contribution in [0.4, 0.5) is 4.79 Å². The molecule has 180 valence electrons. The van der Waals surface area contributed by atoms with Crippen LogP contribution in [0.2, 0.25) is 0 Å². The van der Waals surface area contributed by atoms with Gasteiger partial charge in [-0.2, -0.15) is 0 Å². The molecule has 34 heavy (non-hydrogen) atoms. The van der Waals surface area contributed by atoms with Crippen LogP contribution < -0.4 is 10.6 Å². The molecule has 2 amide bonds. The molecule has 1 heterocycles. The summed E-state index contributed by atoms with van der Waals surface area (Å²) in [5.41, 5.74) is 3.18. The lowest BCUT2D eigenvalue weighted by Crippen LogP contribution is -2.61. The summed E-state index contributed by atoms with van der Waals surface area (Å²) < 4.78 is 11.0. The van der Waals surface area contributed by atoms with Crippen molar-refractivity contribution < 1.29 is 29.0 Å². The number of hydrogen-bond acceptors (Lipinski definition) is 5. The van der Waals surface area contributed by atoms with E-state index >= 15 is 0 Å². The fraction of sp³-hybridized carbons (Fsp3) is 0.423. The third-order valence-electron chi connectivity index (χ3n) is 6.53. The number of aliphatic carboxylic acids is 1. The van der Waals surface area contributed by atoms with Gasteiger partial charge in [-0.1, -0.05) is 61.9 Å². The van der Waals surface area contributed by atoms with Crippen LogP contribution in [0.25, 0.3) is 11.1 Å². The van der Waals surface area contributed by atoms with Crippen molar-refractivity contribution in [3.8, 4) is 11.1 Å². The molecule has 0 radical (unpaired) electrons. The number of hydrogen-bond donors (Lipinski definition) is 3. The van der Waals surface area contributed by atoms with Gasteiger partial charge in [-0.15, -0.1) is 0 Å². The summed E-state index contributed by atoms with van der Waals surface area (Å²) in [6.45, 7) is 2.38. The molecular formula is C26H30N2O6. The molecule has 1 saturated heterocycles. The Bertz CT molecular complexity index is 1020. The van der Waals surface area contributed by atoms with E-state index in [0.29, 0.717) is 13.0 Å². The van der Waals surface area contributed by atoms with Gasteiger partial charge in [0.25, 0.3) is 0 Å². The molecule has 0 saturated carbocycles. The fourth-order valence-electron chi connectivity index (χ4n) is 4.84. The molecule has 2 aromatic rings. The quantitative estimate of drug-likeness (QED) is 0.522. The molecule has 2 aromatic carbocycles. The summed E-state index contributed by atoms with van der Waals surface area (Å²) in [4.78, 5) is 37.1. The lowest BCUT2D eigenvalue weighted by atomic mass is 9.96. The van der Waals surface area contributed by atoms with Crippen molar-refractivity contribution >= 4 is 18.0 Å². The third kappa shape index (κ3) is 4.92.